The molecule has 0 saturated carbocycles. The predicted molar refractivity (Wildman–Crippen MR) is 64.1 cm³/mol. The molecule has 1 aromatic carbocycles. The lowest BCUT2D eigenvalue weighted by Crippen LogP contribution is -2.26. The molecule has 84 valence electrons. The second-order valence-corrected chi connectivity index (χ2v) is 4.16. The molecule has 16 heavy (non-hydrogen) atoms. The zero-order chi connectivity index (χ0) is 11.2. The number of azide groups is 1. The maximum Gasteiger partial charge on any atom is 0.0510 e. The van der Waals surface area contributed by atoms with Crippen molar-refractivity contribution in [2.24, 2.45) is 5.11 Å². The van der Waals surface area contributed by atoms with Gasteiger partial charge in [-0.1, -0.05) is 29.4 Å². The van der Waals surface area contributed by atoms with Crippen LogP contribution in [0.5, 0.6) is 0 Å². The van der Waals surface area contributed by atoms with Crippen molar-refractivity contribution in [3.8, 4) is 0 Å². The van der Waals surface area contributed by atoms with Crippen LogP contribution in [0.4, 0.5) is 0 Å². The molecule has 0 spiro atoms. The summed E-state index contributed by atoms with van der Waals surface area (Å²) in [6.07, 6.45) is 2.40. The van der Waals surface area contributed by atoms with E-state index in [1.165, 1.54) is 18.4 Å². The van der Waals surface area contributed by atoms with Crippen LogP contribution in [0.2, 0.25) is 0 Å². The first-order chi connectivity index (χ1) is 7.90. The van der Waals surface area contributed by atoms with Gasteiger partial charge in [0.05, 0.1) is 6.54 Å². The van der Waals surface area contributed by atoms with Gasteiger partial charge < -0.3 is 5.32 Å². The number of benzene rings is 1. The normalized spacial score (nSPS) is 16.8. The van der Waals surface area contributed by atoms with Gasteiger partial charge in [-0.2, -0.15) is 0 Å². The van der Waals surface area contributed by atoms with Crippen LogP contribution in [0.1, 0.15) is 29.9 Å². The molecule has 0 atom stereocenters. The average molecular weight is 216 g/mol. The number of piperidine rings is 1. The number of nitrogens with one attached hydrogen (secondary N) is 1. The first-order valence-corrected chi connectivity index (χ1v) is 5.70. The van der Waals surface area contributed by atoms with Crippen molar-refractivity contribution in [3.05, 3.63) is 45.8 Å². The summed E-state index contributed by atoms with van der Waals surface area (Å²) in [5.41, 5.74) is 10.8. The quantitative estimate of drug-likeness (QED) is 0.471. The van der Waals surface area contributed by atoms with Crippen LogP contribution in [0.3, 0.4) is 0 Å². The monoisotopic (exact) mass is 216 g/mol. The summed E-state index contributed by atoms with van der Waals surface area (Å²) >= 11 is 0. The molecule has 0 amide bonds. The number of hydrogen-bond donors (Lipinski definition) is 1. The zero-order valence-electron chi connectivity index (χ0n) is 9.26. The average Bonchev–Trinajstić information content (AvgIpc) is 2.38. The summed E-state index contributed by atoms with van der Waals surface area (Å²) < 4.78 is 0. The molecule has 1 heterocycles. The molecule has 1 aromatic rings. The lowest BCUT2D eigenvalue weighted by atomic mass is 9.89. The van der Waals surface area contributed by atoms with Crippen LogP contribution in [-0.4, -0.2) is 13.1 Å². The van der Waals surface area contributed by atoms with Gasteiger partial charge in [-0.05, 0) is 48.5 Å². The van der Waals surface area contributed by atoms with E-state index in [0.717, 1.165) is 18.7 Å². The summed E-state index contributed by atoms with van der Waals surface area (Å²) in [7, 11) is 0. The molecule has 0 bridgehead atoms. The topological polar surface area (TPSA) is 60.8 Å². The molecule has 1 fully saturated rings. The number of nitrogens with zero attached hydrogens (tertiary/aromatic N) is 3. The number of hydrogen-bond acceptors (Lipinski definition) is 2. The summed E-state index contributed by atoms with van der Waals surface area (Å²) in [5.74, 6) is 0.660. The highest BCUT2D eigenvalue weighted by atomic mass is 15.1. The van der Waals surface area contributed by atoms with E-state index in [2.05, 4.69) is 33.5 Å². The molecule has 0 aromatic heterocycles. The molecule has 1 aliphatic heterocycles. The maximum absolute atomic E-state index is 8.30. The molecular weight excluding hydrogens is 200 g/mol. The van der Waals surface area contributed by atoms with Gasteiger partial charge in [-0.15, -0.1) is 0 Å². The van der Waals surface area contributed by atoms with Gasteiger partial charge in [0.2, 0.25) is 0 Å². The molecule has 0 radical (unpaired) electrons. The lowest BCUT2D eigenvalue weighted by Gasteiger charge is -2.23. The minimum atomic E-state index is 0.454. The second kappa shape index (κ2) is 5.54. The van der Waals surface area contributed by atoms with Crippen LogP contribution in [0.15, 0.2) is 29.4 Å². The van der Waals surface area contributed by atoms with E-state index in [9.17, 15) is 0 Å². The van der Waals surface area contributed by atoms with E-state index in [0.29, 0.717) is 12.5 Å². The summed E-state index contributed by atoms with van der Waals surface area (Å²) in [6, 6.07) is 8.42. The third-order valence-corrected chi connectivity index (χ3v) is 3.08. The summed E-state index contributed by atoms with van der Waals surface area (Å²) in [6.45, 7) is 2.66. The zero-order valence-corrected chi connectivity index (χ0v) is 9.26. The second-order valence-electron chi connectivity index (χ2n) is 4.16. The van der Waals surface area contributed by atoms with E-state index in [1.54, 1.807) is 0 Å². The smallest absolute Gasteiger partial charge is 0.0510 e. The van der Waals surface area contributed by atoms with Gasteiger partial charge in [-0.3, -0.25) is 0 Å². The minimum Gasteiger partial charge on any atom is -0.317 e. The van der Waals surface area contributed by atoms with Gasteiger partial charge in [-0.25, -0.2) is 0 Å². The Morgan fingerprint density at radius 2 is 2.19 bits per heavy atom. The molecular formula is C12H16N4. The maximum atomic E-state index is 8.30. The van der Waals surface area contributed by atoms with E-state index in [4.69, 9.17) is 5.53 Å². The van der Waals surface area contributed by atoms with Crippen molar-refractivity contribution in [2.45, 2.75) is 25.3 Å². The highest BCUT2D eigenvalue weighted by Gasteiger charge is 2.14. The van der Waals surface area contributed by atoms with Crippen molar-refractivity contribution < 1.29 is 0 Å². The summed E-state index contributed by atoms with van der Waals surface area (Å²) in [4.78, 5) is 2.79. The molecule has 4 heteroatoms. The van der Waals surface area contributed by atoms with Gasteiger partial charge in [0.1, 0.15) is 0 Å². The Balaban J connectivity index is 2.10. The Labute approximate surface area is 95.3 Å². The SMILES string of the molecule is [N-]=[N+]=NCc1cccc(C2CCNCC2)c1. The number of rotatable bonds is 3. The van der Waals surface area contributed by atoms with Gasteiger partial charge in [0.25, 0.3) is 0 Å². The lowest BCUT2D eigenvalue weighted by molar-refractivity contribution is 0.460. The molecule has 4 nitrogen and oxygen atoms in total. The minimum absolute atomic E-state index is 0.454. The molecule has 0 aliphatic carbocycles. The molecule has 1 N–H and O–H groups in total. The van der Waals surface area contributed by atoms with E-state index < -0.39 is 0 Å². The Morgan fingerprint density at radius 1 is 1.38 bits per heavy atom. The Morgan fingerprint density at radius 3 is 2.94 bits per heavy atom. The van der Waals surface area contributed by atoms with Crippen LogP contribution >= 0.6 is 0 Å². The highest BCUT2D eigenvalue weighted by molar-refractivity contribution is 5.26. The van der Waals surface area contributed by atoms with Crippen LogP contribution in [0, 0.1) is 0 Å². The molecule has 2 rings (SSSR count). The van der Waals surface area contributed by atoms with Gasteiger partial charge in [0.15, 0.2) is 0 Å². The first-order valence-electron chi connectivity index (χ1n) is 5.70. The predicted octanol–water partition coefficient (Wildman–Crippen LogP) is 2.96. The van der Waals surface area contributed by atoms with Crippen molar-refractivity contribution in [3.63, 3.8) is 0 Å². The fourth-order valence-electron chi connectivity index (χ4n) is 2.21. The fraction of sp³-hybridized carbons (Fsp3) is 0.500. The Kier molecular flexibility index (Phi) is 3.81. The highest BCUT2D eigenvalue weighted by Crippen LogP contribution is 2.25. The van der Waals surface area contributed by atoms with Gasteiger partial charge in [0, 0.05) is 4.91 Å². The Bertz CT molecular complexity index is 390. The van der Waals surface area contributed by atoms with Crippen molar-refractivity contribution in [2.75, 3.05) is 13.1 Å². The fourth-order valence-corrected chi connectivity index (χ4v) is 2.21. The standard InChI is InChI=1S/C12H16N4/c13-16-15-9-10-2-1-3-12(8-10)11-4-6-14-7-5-11/h1-3,8,11,14H,4-7,9H2. The van der Waals surface area contributed by atoms with Crippen LogP contribution in [-0.2, 0) is 6.54 Å². The largest absolute Gasteiger partial charge is 0.317 e. The van der Waals surface area contributed by atoms with Crippen molar-refractivity contribution in [1.29, 1.82) is 0 Å². The molecule has 1 aliphatic rings. The van der Waals surface area contributed by atoms with Crippen molar-refractivity contribution >= 4 is 0 Å². The summed E-state index contributed by atoms with van der Waals surface area (Å²) in [5, 5.41) is 6.96. The van der Waals surface area contributed by atoms with E-state index in [1.807, 2.05) is 6.07 Å². The molecule has 1 saturated heterocycles. The third kappa shape index (κ3) is 2.75. The van der Waals surface area contributed by atoms with Crippen molar-refractivity contribution in [1.82, 2.24) is 5.32 Å². The third-order valence-electron chi connectivity index (χ3n) is 3.08. The van der Waals surface area contributed by atoms with E-state index in [-0.39, 0.29) is 0 Å². The van der Waals surface area contributed by atoms with Crippen LogP contribution < -0.4 is 5.32 Å². The van der Waals surface area contributed by atoms with Crippen LogP contribution in [0.25, 0.3) is 10.4 Å². The van der Waals surface area contributed by atoms with Gasteiger partial charge >= 0.3 is 0 Å². The Hall–Kier alpha value is -1.51. The first kappa shape index (κ1) is 11.0. The van der Waals surface area contributed by atoms with E-state index >= 15 is 0 Å². The molecule has 0 unspecified atom stereocenters.